The Labute approximate surface area is 146 Å². The van der Waals surface area contributed by atoms with E-state index in [2.05, 4.69) is 16.4 Å². The van der Waals surface area contributed by atoms with Crippen molar-refractivity contribution >= 4 is 17.4 Å². The molecule has 1 atom stereocenters. The van der Waals surface area contributed by atoms with E-state index in [1.165, 1.54) is 4.88 Å². The number of ether oxygens (including phenoxy) is 1. The van der Waals surface area contributed by atoms with Gasteiger partial charge in [-0.25, -0.2) is 4.79 Å². The number of urea groups is 1. The van der Waals surface area contributed by atoms with Crippen LogP contribution in [-0.4, -0.2) is 41.7 Å². The Bertz CT molecular complexity index is 612. The summed E-state index contributed by atoms with van der Waals surface area (Å²) in [5.41, 5.74) is 0.988. The van der Waals surface area contributed by atoms with E-state index < -0.39 is 0 Å². The molecule has 1 fully saturated rings. The molecule has 3 rings (SSSR count). The van der Waals surface area contributed by atoms with Gasteiger partial charge in [0, 0.05) is 42.9 Å². The molecule has 0 unspecified atom stereocenters. The molecule has 2 amide bonds. The maximum Gasteiger partial charge on any atom is 0.317 e. The van der Waals surface area contributed by atoms with Crippen molar-refractivity contribution in [1.29, 1.82) is 0 Å². The van der Waals surface area contributed by atoms with Crippen molar-refractivity contribution in [1.82, 2.24) is 15.2 Å². The lowest BCUT2D eigenvalue weighted by molar-refractivity contribution is 0.0797. The van der Waals surface area contributed by atoms with E-state index in [4.69, 9.17) is 4.74 Å². The van der Waals surface area contributed by atoms with Crippen molar-refractivity contribution in [3.63, 3.8) is 0 Å². The number of aromatic nitrogens is 1. The summed E-state index contributed by atoms with van der Waals surface area (Å²) in [5.74, 6) is 0. The molecule has 1 saturated heterocycles. The minimum Gasteiger partial charge on any atom is -0.376 e. The SMILES string of the molecule is O=C(NCCc1ccccn1)N(Cc1cccs1)C[C@@H]1CCCO1. The Morgan fingerprint density at radius 2 is 2.33 bits per heavy atom. The first-order valence-corrected chi connectivity index (χ1v) is 9.26. The minimum absolute atomic E-state index is 0.0326. The first-order chi connectivity index (χ1) is 11.8. The molecule has 5 nitrogen and oxygen atoms in total. The monoisotopic (exact) mass is 345 g/mol. The topological polar surface area (TPSA) is 54.5 Å². The summed E-state index contributed by atoms with van der Waals surface area (Å²) in [5, 5.41) is 5.05. The summed E-state index contributed by atoms with van der Waals surface area (Å²) >= 11 is 1.67. The molecule has 0 saturated carbocycles. The minimum atomic E-state index is -0.0326. The smallest absolute Gasteiger partial charge is 0.317 e. The number of nitrogens with one attached hydrogen (secondary N) is 1. The lowest BCUT2D eigenvalue weighted by Crippen LogP contribution is -2.43. The lowest BCUT2D eigenvalue weighted by atomic mass is 10.2. The van der Waals surface area contributed by atoms with Gasteiger partial charge in [0.2, 0.25) is 0 Å². The molecule has 0 aliphatic carbocycles. The van der Waals surface area contributed by atoms with Crippen LogP contribution < -0.4 is 5.32 Å². The number of carbonyl (C=O) groups excluding carboxylic acids is 1. The number of hydrogen-bond donors (Lipinski definition) is 1. The van der Waals surface area contributed by atoms with Gasteiger partial charge in [0.05, 0.1) is 12.6 Å². The van der Waals surface area contributed by atoms with Crippen LogP contribution in [-0.2, 0) is 17.7 Å². The highest BCUT2D eigenvalue weighted by Crippen LogP contribution is 2.17. The number of thiophene rings is 1. The van der Waals surface area contributed by atoms with Crippen LogP contribution in [0.15, 0.2) is 41.9 Å². The molecule has 0 bridgehead atoms. The predicted octanol–water partition coefficient (Wildman–Crippen LogP) is 3.08. The van der Waals surface area contributed by atoms with Crippen LogP contribution in [0.1, 0.15) is 23.4 Å². The molecule has 1 aliphatic rings. The van der Waals surface area contributed by atoms with Crippen LogP contribution in [0.3, 0.4) is 0 Å². The standard InChI is InChI=1S/C18H23N3O2S/c22-18(20-10-8-15-5-1-2-9-19-15)21(13-16-6-3-11-23-16)14-17-7-4-12-24-17/h1-2,4-5,7,9,12,16H,3,6,8,10-11,13-14H2,(H,20,22)/t16-/m0/s1. The van der Waals surface area contributed by atoms with Gasteiger partial charge in [0.1, 0.15) is 0 Å². The van der Waals surface area contributed by atoms with E-state index in [9.17, 15) is 4.79 Å². The van der Waals surface area contributed by atoms with E-state index in [0.717, 1.165) is 31.6 Å². The Morgan fingerprint density at radius 3 is 3.04 bits per heavy atom. The predicted molar refractivity (Wildman–Crippen MR) is 95.0 cm³/mol. The van der Waals surface area contributed by atoms with Gasteiger partial charge in [-0.3, -0.25) is 4.98 Å². The summed E-state index contributed by atoms with van der Waals surface area (Å²) in [6, 6.07) is 9.88. The zero-order valence-electron chi connectivity index (χ0n) is 13.7. The van der Waals surface area contributed by atoms with Gasteiger partial charge in [0.15, 0.2) is 0 Å². The second kappa shape index (κ2) is 8.80. The van der Waals surface area contributed by atoms with Crippen LogP contribution in [0.2, 0.25) is 0 Å². The van der Waals surface area contributed by atoms with Crippen molar-refractivity contribution in [3.8, 4) is 0 Å². The molecule has 128 valence electrons. The lowest BCUT2D eigenvalue weighted by Gasteiger charge is -2.25. The quantitative estimate of drug-likeness (QED) is 0.839. The fourth-order valence-electron chi connectivity index (χ4n) is 2.80. The maximum absolute atomic E-state index is 12.6. The van der Waals surface area contributed by atoms with Crippen molar-refractivity contribution in [2.24, 2.45) is 0 Å². The number of rotatable bonds is 7. The molecular formula is C18H23N3O2S. The molecule has 2 aromatic rings. The van der Waals surface area contributed by atoms with E-state index in [1.807, 2.05) is 34.5 Å². The van der Waals surface area contributed by atoms with Crippen molar-refractivity contribution in [2.45, 2.75) is 31.9 Å². The summed E-state index contributed by atoms with van der Waals surface area (Å²) in [6.07, 6.45) is 4.78. The molecule has 3 heterocycles. The third-order valence-corrected chi connectivity index (χ3v) is 4.91. The highest BCUT2D eigenvalue weighted by Gasteiger charge is 2.22. The van der Waals surface area contributed by atoms with E-state index in [-0.39, 0.29) is 12.1 Å². The molecule has 24 heavy (non-hydrogen) atoms. The third kappa shape index (κ3) is 5.04. The number of nitrogens with zero attached hydrogens (tertiary/aromatic N) is 2. The van der Waals surface area contributed by atoms with Crippen molar-refractivity contribution < 1.29 is 9.53 Å². The second-order valence-corrected chi connectivity index (χ2v) is 6.93. The molecule has 0 radical (unpaired) electrons. The van der Waals surface area contributed by atoms with Gasteiger partial charge in [-0.2, -0.15) is 0 Å². The van der Waals surface area contributed by atoms with Gasteiger partial charge in [0.25, 0.3) is 0 Å². The van der Waals surface area contributed by atoms with Gasteiger partial charge in [-0.05, 0) is 36.4 Å². The largest absolute Gasteiger partial charge is 0.376 e. The van der Waals surface area contributed by atoms with Crippen molar-refractivity contribution in [2.75, 3.05) is 19.7 Å². The Balaban J connectivity index is 1.53. The Kier molecular flexibility index (Phi) is 6.20. The highest BCUT2D eigenvalue weighted by molar-refractivity contribution is 7.09. The zero-order chi connectivity index (χ0) is 16.6. The summed E-state index contributed by atoms with van der Waals surface area (Å²) < 4.78 is 5.70. The van der Waals surface area contributed by atoms with Crippen LogP contribution >= 0.6 is 11.3 Å². The zero-order valence-corrected chi connectivity index (χ0v) is 14.5. The highest BCUT2D eigenvalue weighted by atomic mass is 32.1. The molecule has 1 aliphatic heterocycles. The van der Waals surface area contributed by atoms with E-state index in [1.54, 1.807) is 17.5 Å². The van der Waals surface area contributed by atoms with Crippen LogP contribution in [0, 0.1) is 0 Å². The molecular weight excluding hydrogens is 322 g/mol. The van der Waals surface area contributed by atoms with Gasteiger partial charge in [-0.1, -0.05) is 12.1 Å². The molecule has 2 aromatic heterocycles. The van der Waals surface area contributed by atoms with Crippen LogP contribution in [0.4, 0.5) is 4.79 Å². The maximum atomic E-state index is 12.6. The molecule has 1 N–H and O–H groups in total. The number of amides is 2. The van der Waals surface area contributed by atoms with Crippen molar-refractivity contribution in [3.05, 3.63) is 52.5 Å². The average molecular weight is 345 g/mol. The molecule has 0 aromatic carbocycles. The summed E-state index contributed by atoms with van der Waals surface area (Å²) in [4.78, 5) is 19.9. The van der Waals surface area contributed by atoms with Crippen LogP contribution in [0.5, 0.6) is 0 Å². The number of hydrogen-bond acceptors (Lipinski definition) is 4. The normalized spacial score (nSPS) is 16.9. The van der Waals surface area contributed by atoms with Crippen LogP contribution in [0.25, 0.3) is 0 Å². The Hall–Kier alpha value is -1.92. The first-order valence-electron chi connectivity index (χ1n) is 8.38. The Morgan fingerprint density at radius 1 is 1.38 bits per heavy atom. The average Bonchev–Trinajstić information content (AvgIpc) is 3.29. The van der Waals surface area contributed by atoms with E-state index >= 15 is 0 Å². The molecule has 6 heteroatoms. The van der Waals surface area contributed by atoms with Gasteiger partial charge in [-0.15, -0.1) is 11.3 Å². The summed E-state index contributed by atoms with van der Waals surface area (Å²) in [7, 11) is 0. The summed E-state index contributed by atoms with van der Waals surface area (Å²) in [6.45, 7) is 2.67. The fourth-order valence-corrected chi connectivity index (χ4v) is 3.52. The number of pyridine rings is 1. The fraction of sp³-hybridized carbons (Fsp3) is 0.444. The number of carbonyl (C=O) groups is 1. The first kappa shape index (κ1) is 16.9. The second-order valence-electron chi connectivity index (χ2n) is 5.90. The third-order valence-electron chi connectivity index (χ3n) is 4.05. The van der Waals surface area contributed by atoms with E-state index in [0.29, 0.717) is 19.6 Å². The van der Waals surface area contributed by atoms with Gasteiger partial charge < -0.3 is 15.0 Å². The molecule has 0 spiro atoms. The van der Waals surface area contributed by atoms with Gasteiger partial charge >= 0.3 is 6.03 Å².